The largest absolute Gasteiger partial charge is 0.508 e. The van der Waals surface area contributed by atoms with Gasteiger partial charge in [0.15, 0.2) is 17.3 Å². The average molecular weight is 282 g/mol. The van der Waals surface area contributed by atoms with Crippen molar-refractivity contribution in [2.24, 2.45) is 0 Å². The Balaban J connectivity index is 2.08. The molecule has 4 nitrogen and oxygen atoms in total. The first-order valence-electron chi connectivity index (χ1n) is 6.26. The number of phenols is 3. The molecule has 106 valence electrons. The summed E-state index contributed by atoms with van der Waals surface area (Å²) in [6.07, 6.45) is 5.64. The van der Waals surface area contributed by atoms with Crippen molar-refractivity contribution in [2.75, 3.05) is 0 Å². The Morgan fingerprint density at radius 3 is 2.38 bits per heavy atom. The van der Waals surface area contributed by atoms with E-state index in [1.807, 2.05) is 0 Å². The molecule has 21 heavy (non-hydrogen) atoms. The van der Waals surface area contributed by atoms with Gasteiger partial charge in [-0.15, -0.1) is 0 Å². The molecule has 0 amide bonds. The van der Waals surface area contributed by atoms with Crippen LogP contribution in [0, 0.1) is 0 Å². The third-order valence-corrected chi connectivity index (χ3v) is 2.78. The fourth-order valence-corrected chi connectivity index (χ4v) is 1.72. The minimum Gasteiger partial charge on any atom is -0.508 e. The van der Waals surface area contributed by atoms with E-state index in [0.717, 1.165) is 0 Å². The van der Waals surface area contributed by atoms with E-state index < -0.39 is 0 Å². The highest BCUT2D eigenvalue weighted by Crippen LogP contribution is 2.28. The van der Waals surface area contributed by atoms with Gasteiger partial charge in [0.05, 0.1) is 0 Å². The maximum Gasteiger partial charge on any atom is 0.178 e. The lowest BCUT2D eigenvalue weighted by atomic mass is 10.1. The summed E-state index contributed by atoms with van der Waals surface area (Å²) >= 11 is 0. The summed E-state index contributed by atoms with van der Waals surface area (Å²) < 4.78 is 0. The van der Waals surface area contributed by atoms with E-state index in [1.54, 1.807) is 36.4 Å². The molecule has 0 aliphatic rings. The van der Waals surface area contributed by atoms with E-state index in [1.165, 1.54) is 30.4 Å². The van der Waals surface area contributed by atoms with E-state index in [-0.39, 0.29) is 23.0 Å². The zero-order chi connectivity index (χ0) is 15.2. The molecule has 0 heterocycles. The van der Waals surface area contributed by atoms with Crippen LogP contribution in [0.3, 0.4) is 0 Å². The normalized spacial score (nSPS) is 11.2. The van der Waals surface area contributed by atoms with Crippen molar-refractivity contribution >= 4 is 17.9 Å². The molecule has 4 heteroatoms. The molecular formula is C17H14O4. The molecule has 0 aliphatic heterocycles. The highest BCUT2D eigenvalue weighted by atomic mass is 16.3. The molecule has 2 rings (SSSR count). The number of allylic oxidation sites excluding steroid dienone is 2. The Morgan fingerprint density at radius 2 is 1.62 bits per heavy atom. The summed E-state index contributed by atoms with van der Waals surface area (Å²) in [5.74, 6) is -0.649. The van der Waals surface area contributed by atoms with Crippen LogP contribution in [0.4, 0.5) is 0 Å². The number of phenolic OH excluding ortho intramolecular Hbond substituents is 3. The molecule has 0 unspecified atom stereocenters. The first-order chi connectivity index (χ1) is 10.1. The van der Waals surface area contributed by atoms with Gasteiger partial charge < -0.3 is 15.3 Å². The second kappa shape index (κ2) is 6.43. The molecule has 0 saturated carbocycles. The van der Waals surface area contributed by atoms with E-state index in [2.05, 4.69) is 0 Å². The Morgan fingerprint density at radius 1 is 0.905 bits per heavy atom. The number of rotatable bonds is 4. The van der Waals surface area contributed by atoms with Crippen molar-refractivity contribution in [2.45, 2.75) is 0 Å². The van der Waals surface area contributed by atoms with Gasteiger partial charge in [-0.25, -0.2) is 0 Å². The van der Waals surface area contributed by atoms with Crippen LogP contribution < -0.4 is 0 Å². The van der Waals surface area contributed by atoms with E-state index in [0.29, 0.717) is 11.1 Å². The molecule has 0 radical (unpaired) electrons. The van der Waals surface area contributed by atoms with Gasteiger partial charge in [0.2, 0.25) is 0 Å². The van der Waals surface area contributed by atoms with E-state index in [4.69, 9.17) is 0 Å². The minimum absolute atomic E-state index is 0.129. The van der Waals surface area contributed by atoms with Crippen LogP contribution in [0.5, 0.6) is 17.2 Å². The quantitative estimate of drug-likeness (QED) is 0.595. The van der Waals surface area contributed by atoms with Crippen molar-refractivity contribution in [3.8, 4) is 17.2 Å². The maximum absolute atomic E-state index is 11.7. The number of hydrogen-bond acceptors (Lipinski definition) is 4. The number of para-hydroxylation sites is 1. The third-order valence-electron chi connectivity index (χ3n) is 2.78. The zero-order valence-corrected chi connectivity index (χ0v) is 11.1. The molecular weight excluding hydrogens is 268 g/mol. The standard InChI is InChI=1S/C17H14O4/c18-14(9-7-12-3-1-5-15(19)11-12)10-8-13-4-2-6-16(20)17(13)21/h1-11,19-21H/b9-7+,10-8+. The molecule has 2 aromatic rings. The summed E-state index contributed by atoms with van der Waals surface area (Å²) in [6.45, 7) is 0. The molecule has 0 bridgehead atoms. The molecule has 0 spiro atoms. The fraction of sp³-hybridized carbons (Fsp3) is 0. The molecule has 3 N–H and O–H groups in total. The summed E-state index contributed by atoms with van der Waals surface area (Å²) in [7, 11) is 0. The number of benzene rings is 2. The number of aromatic hydroxyl groups is 3. The lowest BCUT2D eigenvalue weighted by molar-refractivity contribution is -0.110. The second-order valence-corrected chi connectivity index (χ2v) is 4.38. The second-order valence-electron chi connectivity index (χ2n) is 4.38. The highest BCUT2D eigenvalue weighted by molar-refractivity contribution is 6.04. The molecule has 0 fully saturated rings. The van der Waals surface area contributed by atoms with Crippen molar-refractivity contribution in [3.63, 3.8) is 0 Å². The topological polar surface area (TPSA) is 77.8 Å². The van der Waals surface area contributed by atoms with Gasteiger partial charge in [0, 0.05) is 5.56 Å². The SMILES string of the molecule is O=C(/C=C/c1cccc(O)c1)/C=C/c1cccc(O)c1O. The van der Waals surface area contributed by atoms with Crippen LogP contribution in [-0.2, 0) is 4.79 Å². The van der Waals surface area contributed by atoms with Crippen LogP contribution in [0.2, 0.25) is 0 Å². The van der Waals surface area contributed by atoms with Gasteiger partial charge in [0.25, 0.3) is 0 Å². The van der Waals surface area contributed by atoms with Gasteiger partial charge in [-0.2, -0.15) is 0 Å². The fourth-order valence-electron chi connectivity index (χ4n) is 1.72. The summed E-state index contributed by atoms with van der Waals surface area (Å²) in [5, 5.41) is 28.2. The Kier molecular flexibility index (Phi) is 4.41. The summed E-state index contributed by atoms with van der Waals surface area (Å²) in [5.41, 5.74) is 1.06. The minimum atomic E-state index is -0.277. The lowest BCUT2D eigenvalue weighted by Gasteiger charge is -2.00. The van der Waals surface area contributed by atoms with Gasteiger partial charge in [-0.05, 0) is 42.0 Å². The molecule has 0 aliphatic carbocycles. The van der Waals surface area contributed by atoms with Gasteiger partial charge in [0.1, 0.15) is 5.75 Å². The van der Waals surface area contributed by atoms with Gasteiger partial charge in [-0.3, -0.25) is 4.79 Å². The van der Waals surface area contributed by atoms with Crippen LogP contribution >= 0.6 is 0 Å². The summed E-state index contributed by atoms with van der Waals surface area (Å²) in [4.78, 5) is 11.7. The maximum atomic E-state index is 11.7. The monoisotopic (exact) mass is 282 g/mol. The number of carbonyl (C=O) groups excluding carboxylic acids is 1. The van der Waals surface area contributed by atoms with Gasteiger partial charge in [-0.1, -0.05) is 30.3 Å². The predicted octanol–water partition coefficient (Wildman–Crippen LogP) is 3.10. The lowest BCUT2D eigenvalue weighted by Crippen LogP contribution is -1.85. The molecule has 2 aromatic carbocycles. The zero-order valence-electron chi connectivity index (χ0n) is 11.1. The Hall–Kier alpha value is -3.01. The third kappa shape index (κ3) is 3.98. The number of hydrogen-bond donors (Lipinski definition) is 3. The van der Waals surface area contributed by atoms with Crippen LogP contribution in [-0.4, -0.2) is 21.1 Å². The van der Waals surface area contributed by atoms with Crippen molar-refractivity contribution in [1.82, 2.24) is 0 Å². The predicted molar refractivity (Wildman–Crippen MR) is 81.0 cm³/mol. The van der Waals surface area contributed by atoms with Crippen LogP contribution in [0.25, 0.3) is 12.2 Å². The highest BCUT2D eigenvalue weighted by Gasteiger charge is 2.02. The Bertz CT molecular complexity index is 714. The first-order valence-corrected chi connectivity index (χ1v) is 6.26. The molecule has 0 saturated heterocycles. The van der Waals surface area contributed by atoms with Crippen LogP contribution in [0.15, 0.2) is 54.6 Å². The molecule has 0 atom stereocenters. The Labute approximate surface area is 121 Å². The molecule has 0 aromatic heterocycles. The van der Waals surface area contributed by atoms with Crippen molar-refractivity contribution < 1.29 is 20.1 Å². The first kappa shape index (κ1) is 14.4. The number of carbonyl (C=O) groups is 1. The van der Waals surface area contributed by atoms with Gasteiger partial charge >= 0.3 is 0 Å². The van der Waals surface area contributed by atoms with E-state index in [9.17, 15) is 20.1 Å². The van der Waals surface area contributed by atoms with Crippen molar-refractivity contribution in [3.05, 3.63) is 65.7 Å². The van der Waals surface area contributed by atoms with Crippen LogP contribution in [0.1, 0.15) is 11.1 Å². The van der Waals surface area contributed by atoms with E-state index >= 15 is 0 Å². The smallest absolute Gasteiger partial charge is 0.178 e. The average Bonchev–Trinajstić information content (AvgIpc) is 2.47. The number of ketones is 1. The summed E-state index contributed by atoms with van der Waals surface area (Å²) in [6, 6.07) is 11.0. The van der Waals surface area contributed by atoms with Crippen molar-refractivity contribution in [1.29, 1.82) is 0 Å².